The second-order valence-electron chi connectivity index (χ2n) is 7.68. The summed E-state index contributed by atoms with van der Waals surface area (Å²) < 4.78 is 4.72. The van der Waals surface area contributed by atoms with Gasteiger partial charge in [-0.2, -0.15) is 0 Å². The summed E-state index contributed by atoms with van der Waals surface area (Å²) in [7, 11) is 1.23. The van der Waals surface area contributed by atoms with Crippen molar-refractivity contribution in [3.05, 3.63) is 34.4 Å². The molecule has 0 saturated carbocycles. The normalized spacial score (nSPS) is 23.1. The predicted octanol–water partition coefficient (Wildman–Crippen LogP) is 4.22. The van der Waals surface area contributed by atoms with E-state index in [1.165, 1.54) is 12.7 Å². The standard InChI is InChI=1S/C21H30O5/c1-11(2)7-6-8-12(3)17-14-10-15(21(25)26-5)19(23)20(24)18(14)13(4)9-16(17)22/h7,10,12-13,16-17,22-24H,6,8-9H2,1-5H3/t12-,13+,16+,17-/m0/s1. The van der Waals surface area contributed by atoms with Crippen molar-refractivity contribution in [2.45, 2.75) is 64.9 Å². The number of rotatable bonds is 5. The van der Waals surface area contributed by atoms with E-state index in [1.54, 1.807) is 6.07 Å². The van der Waals surface area contributed by atoms with Gasteiger partial charge in [-0.3, -0.25) is 0 Å². The lowest BCUT2D eigenvalue weighted by atomic mass is 9.69. The maximum absolute atomic E-state index is 12.0. The lowest BCUT2D eigenvalue weighted by Crippen LogP contribution is -2.32. The number of phenolic OH excluding ortho intramolecular Hbond substituents is 2. The molecule has 5 nitrogen and oxygen atoms in total. The lowest BCUT2D eigenvalue weighted by molar-refractivity contribution is 0.0593. The number of benzene rings is 1. The van der Waals surface area contributed by atoms with Crippen LogP contribution in [0.2, 0.25) is 0 Å². The molecule has 26 heavy (non-hydrogen) atoms. The zero-order valence-corrected chi connectivity index (χ0v) is 16.2. The molecule has 1 aromatic carbocycles. The first-order valence-corrected chi connectivity index (χ1v) is 9.17. The van der Waals surface area contributed by atoms with Crippen LogP contribution >= 0.6 is 0 Å². The second-order valence-corrected chi connectivity index (χ2v) is 7.68. The fourth-order valence-electron chi connectivity index (χ4n) is 4.09. The molecule has 3 N–H and O–H groups in total. The van der Waals surface area contributed by atoms with Crippen LogP contribution in [0.4, 0.5) is 0 Å². The number of ether oxygens (including phenoxy) is 1. The van der Waals surface area contributed by atoms with Crippen LogP contribution in [-0.2, 0) is 4.74 Å². The third-order valence-corrected chi connectivity index (χ3v) is 5.40. The zero-order valence-electron chi connectivity index (χ0n) is 16.2. The molecule has 0 fully saturated rings. The maximum atomic E-state index is 12.0. The van der Waals surface area contributed by atoms with Gasteiger partial charge in [0.05, 0.1) is 13.2 Å². The Morgan fingerprint density at radius 2 is 2.00 bits per heavy atom. The van der Waals surface area contributed by atoms with Crippen LogP contribution < -0.4 is 0 Å². The van der Waals surface area contributed by atoms with Gasteiger partial charge in [0.25, 0.3) is 0 Å². The van der Waals surface area contributed by atoms with Gasteiger partial charge in [-0.05, 0) is 56.6 Å². The summed E-state index contributed by atoms with van der Waals surface area (Å²) in [5, 5.41) is 31.5. The summed E-state index contributed by atoms with van der Waals surface area (Å²) >= 11 is 0. The van der Waals surface area contributed by atoms with E-state index in [9.17, 15) is 20.1 Å². The number of fused-ring (bicyclic) bond motifs is 1. The first-order valence-electron chi connectivity index (χ1n) is 9.17. The number of esters is 1. The van der Waals surface area contributed by atoms with Crippen LogP contribution in [0.25, 0.3) is 0 Å². The van der Waals surface area contributed by atoms with Gasteiger partial charge in [0.15, 0.2) is 11.5 Å². The van der Waals surface area contributed by atoms with Crippen LogP contribution in [0.3, 0.4) is 0 Å². The summed E-state index contributed by atoms with van der Waals surface area (Å²) in [6.45, 7) is 8.10. The molecule has 144 valence electrons. The van der Waals surface area contributed by atoms with E-state index in [-0.39, 0.29) is 29.1 Å². The van der Waals surface area contributed by atoms with Crippen LogP contribution in [0, 0.1) is 5.92 Å². The molecule has 2 rings (SSSR count). The molecule has 4 atom stereocenters. The third kappa shape index (κ3) is 3.88. The van der Waals surface area contributed by atoms with Gasteiger partial charge < -0.3 is 20.1 Å². The molecule has 0 heterocycles. The third-order valence-electron chi connectivity index (χ3n) is 5.40. The second kappa shape index (κ2) is 8.12. The highest BCUT2D eigenvalue weighted by molar-refractivity contribution is 5.94. The maximum Gasteiger partial charge on any atom is 0.341 e. The predicted molar refractivity (Wildman–Crippen MR) is 101 cm³/mol. The Kier molecular flexibility index (Phi) is 6.34. The smallest absolute Gasteiger partial charge is 0.341 e. The molecule has 1 aromatic rings. The topological polar surface area (TPSA) is 87.0 Å². The fraction of sp³-hybridized carbons (Fsp3) is 0.571. The zero-order chi connectivity index (χ0) is 19.6. The number of carbonyl (C=O) groups is 1. The van der Waals surface area contributed by atoms with E-state index in [2.05, 4.69) is 26.8 Å². The molecule has 0 aromatic heterocycles. The molecule has 5 heteroatoms. The van der Waals surface area contributed by atoms with Crippen molar-refractivity contribution < 1.29 is 24.9 Å². The van der Waals surface area contributed by atoms with Crippen molar-refractivity contribution in [3.8, 4) is 11.5 Å². The van der Waals surface area contributed by atoms with Gasteiger partial charge in [-0.1, -0.05) is 25.5 Å². The first kappa shape index (κ1) is 20.3. The lowest BCUT2D eigenvalue weighted by Gasteiger charge is -2.38. The highest BCUT2D eigenvalue weighted by Gasteiger charge is 2.38. The highest BCUT2D eigenvalue weighted by Crippen LogP contribution is 2.50. The Balaban J connectivity index is 2.50. The monoisotopic (exact) mass is 362 g/mol. The van der Waals surface area contributed by atoms with Gasteiger partial charge in [0.2, 0.25) is 0 Å². The molecule has 0 radical (unpaired) electrons. The van der Waals surface area contributed by atoms with E-state index >= 15 is 0 Å². The Labute approximate surface area is 155 Å². The van der Waals surface area contributed by atoms with Crippen LogP contribution in [0.5, 0.6) is 11.5 Å². The fourth-order valence-corrected chi connectivity index (χ4v) is 4.09. The highest BCUT2D eigenvalue weighted by atomic mass is 16.5. The average Bonchev–Trinajstić information content (AvgIpc) is 2.56. The van der Waals surface area contributed by atoms with Gasteiger partial charge in [0, 0.05) is 11.5 Å². The number of allylic oxidation sites excluding steroid dienone is 2. The van der Waals surface area contributed by atoms with Crippen molar-refractivity contribution in [1.29, 1.82) is 0 Å². The van der Waals surface area contributed by atoms with E-state index in [0.29, 0.717) is 12.0 Å². The minimum atomic E-state index is -0.704. The molecule has 1 aliphatic carbocycles. The minimum Gasteiger partial charge on any atom is -0.504 e. The molecule has 0 unspecified atom stereocenters. The van der Waals surface area contributed by atoms with Crippen molar-refractivity contribution in [2.75, 3.05) is 7.11 Å². The van der Waals surface area contributed by atoms with E-state index in [4.69, 9.17) is 4.74 Å². The van der Waals surface area contributed by atoms with E-state index < -0.39 is 17.8 Å². The molecule has 1 aliphatic rings. The van der Waals surface area contributed by atoms with Crippen LogP contribution in [0.1, 0.15) is 80.3 Å². The average molecular weight is 362 g/mol. The van der Waals surface area contributed by atoms with Crippen LogP contribution in [0.15, 0.2) is 17.7 Å². The number of aliphatic hydroxyl groups excluding tert-OH is 1. The number of hydrogen-bond donors (Lipinski definition) is 3. The molecule has 0 saturated heterocycles. The quantitative estimate of drug-likeness (QED) is 0.415. The number of hydrogen-bond acceptors (Lipinski definition) is 5. The van der Waals surface area contributed by atoms with Gasteiger partial charge >= 0.3 is 5.97 Å². The Morgan fingerprint density at radius 1 is 1.35 bits per heavy atom. The van der Waals surface area contributed by atoms with E-state index in [1.807, 2.05) is 6.92 Å². The van der Waals surface area contributed by atoms with Gasteiger partial charge in [-0.15, -0.1) is 0 Å². The van der Waals surface area contributed by atoms with Crippen molar-refractivity contribution >= 4 is 5.97 Å². The number of phenols is 2. The summed E-state index contributed by atoms with van der Waals surface area (Å²) in [6.07, 6.45) is 3.91. The van der Waals surface area contributed by atoms with E-state index in [0.717, 1.165) is 18.4 Å². The van der Waals surface area contributed by atoms with Crippen molar-refractivity contribution in [3.63, 3.8) is 0 Å². The Hall–Kier alpha value is -2.01. The first-order chi connectivity index (χ1) is 12.2. The van der Waals surface area contributed by atoms with Crippen molar-refractivity contribution in [2.24, 2.45) is 5.92 Å². The summed E-state index contributed by atoms with van der Waals surface area (Å²) in [5.74, 6) is -1.59. The molecule has 0 spiro atoms. The minimum absolute atomic E-state index is 0.0634. The van der Waals surface area contributed by atoms with Crippen molar-refractivity contribution in [1.82, 2.24) is 0 Å². The molecule has 0 amide bonds. The summed E-state index contributed by atoms with van der Waals surface area (Å²) in [5.41, 5.74) is 2.55. The van der Waals surface area contributed by atoms with Crippen LogP contribution in [-0.4, -0.2) is 34.5 Å². The Bertz CT molecular complexity index is 703. The van der Waals surface area contributed by atoms with Gasteiger partial charge in [0.1, 0.15) is 5.56 Å². The number of aliphatic hydroxyl groups is 1. The summed E-state index contributed by atoms with van der Waals surface area (Å²) in [6, 6.07) is 1.58. The summed E-state index contributed by atoms with van der Waals surface area (Å²) in [4.78, 5) is 12.0. The van der Waals surface area contributed by atoms with Gasteiger partial charge in [-0.25, -0.2) is 4.79 Å². The molecular weight excluding hydrogens is 332 g/mol. The largest absolute Gasteiger partial charge is 0.504 e. The molecule has 0 aliphatic heterocycles. The molecule has 0 bridgehead atoms. The number of carbonyl (C=O) groups excluding carboxylic acids is 1. The SMILES string of the molecule is COC(=O)c1cc2c(c(O)c1O)[C@H](C)C[C@@H](O)[C@H]2[C@@H](C)CCC=C(C)C. The number of aromatic hydroxyl groups is 2. The molecular formula is C21H30O5. The Morgan fingerprint density at radius 3 is 2.58 bits per heavy atom. The number of methoxy groups -OCH3 is 1.